The van der Waals surface area contributed by atoms with Crippen molar-refractivity contribution < 1.29 is 9.53 Å². The second-order valence-corrected chi connectivity index (χ2v) is 9.30. The number of carbonyl (C=O) groups is 1. The molecule has 4 aromatic rings. The predicted molar refractivity (Wildman–Crippen MR) is 132 cm³/mol. The lowest BCUT2D eigenvalue weighted by atomic mass is 10.1. The Morgan fingerprint density at radius 2 is 1.82 bits per heavy atom. The highest BCUT2D eigenvalue weighted by atomic mass is 35.5. The summed E-state index contributed by atoms with van der Waals surface area (Å²) < 4.78 is 6.76. The number of halogens is 1. The van der Waals surface area contributed by atoms with Crippen LogP contribution in [0.2, 0.25) is 5.02 Å². The summed E-state index contributed by atoms with van der Waals surface area (Å²) in [5.41, 5.74) is 1.81. The molecule has 1 amide bonds. The van der Waals surface area contributed by atoms with Gasteiger partial charge in [0, 0.05) is 38.8 Å². The third-order valence-corrected chi connectivity index (χ3v) is 7.06. The molecule has 0 saturated carbocycles. The summed E-state index contributed by atoms with van der Waals surface area (Å²) in [5.74, 6) is 0.635. The van der Waals surface area contributed by atoms with Gasteiger partial charge in [0.15, 0.2) is 5.01 Å². The van der Waals surface area contributed by atoms with Crippen LogP contribution in [0.3, 0.4) is 0 Å². The number of amides is 1. The highest BCUT2D eigenvalue weighted by Crippen LogP contribution is 2.32. The van der Waals surface area contributed by atoms with Crippen molar-refractivity contribution in [1.29, 1.82) is 0 Å². The summed E-state index contributed by atoms with van der Waals surface area (Å²) in [6, 6.07) is 16.2. The van der Waals surface area contributed by atoms with E-state index in [9.17, 15) is 9.59 Å². The van der Waals surface area contributed by atoms with E-state index in [1.165, 1.54) is 21.9 Å². The first-order chi connectivity index (χ1) is 16.5. The van der Waals surface area contributed by atoms with E-state index >= 15 is 0 Å². The fourth-order valence-corrected chi connectivity index (χ4v) is 5.18. The molecule has 5 rings (SSSR count). The van der Waals surface area contributed by atoms with Crippen molar-refractivity contribution in [2.45, 2.75) is 6.54 Å². The van der Waals surface area contributed by atoms with Gasteiger partial charge in [-0.25, -0.2) is 4.98 Å². The number of aromatic nitrogens is 3. The van der Waals surface area contributed by atoms with Gasteiger partial charge in [-0.2, -0.15) is 9.61 Å². The molecule has 1 fully saturated rings. The molecule has 0 N–H and O–H groups in total. The van der Waals surface area contributed by atoms with Crippen LogP contribution in [0.25, 0.3) is 15.5 Å². The Balaban J connectivity index is 1.30. The van der Waals surface area contributed by atoms with Gasteiger partial charge < -0.3 is 9.64 Å². The van der Waals surface area contributed by atoms with Gasteiger partial charge in [0.25, 0.3) is 11.5 Å². The monoisotopic (exact) mass is 495 g/mol. The summed E-state index contributed by atoms with van der Waals surface area (Å²) in [4.78, 5) is 34.7. The van der Waals surface area contributed by atoms with Crippen LogP contribution in [0.1, 0.15) is 16.1 Å². The molecule has 10 heteroatoms. The van der Waals surface area contributed by atoms with Crippen LogP contribution in [0.5, 0.6) is 5.75 Å². The molecule has 2 aromatic heterocycles. The van der Waals surface area contributed by atoms with Gasteiger partial charge >= 0.3 is 0 Å². The highest BCUT2D eigenvalue weighted by Gasteiger charge is 2.24. The van der Waals surface area contributed by atoms with Crippen molar-refractivity contribution in [3.63, 3.8) is 0 Å². The topological polar surface area (TPSA) is 80.0 Å². The summed E-state index contributed by atoms with van der Waals surface area (Å²) in [7, 11) is 1.61. The van der Waals surface area contributed by atoms with E-state index in [1.807, 2.05) is 41.3 Å². The van der Waals surface area contributed by atoms with Gasteiger partial charge in [0.2, 0.25) is 4.96 Å². The Bertz CT molecular complexity index is 1410. The second-order valence-electron chi connectivity index (χ2n) is 7.94. The Morgan fingerprint density at radius 3 is 2.59 bits per heavy atom. The van der Waals surface area contributed by atoms with E-state index < -0.39 is 0 Å². The van der Waals surface area contributed by atoms with Gasteiger partial charge in [0.1, 0.15) is 5.75 Å². The average molecular weight is 496 g/mol. The number of carbonyl (C=O) groups excluding carboxylic acids is 1. The number of hydrogen-bond donors (Lipinski definition) is 0. The summed E-state index contributed by atoms with van der Waals surface area (Å²) >= 11 is 7.54. The molecule has 2 aromatic carbocycles. The lowest BCUT2D eigenvalue weighted by Crippen LogP contribution is -2.48. The SMILES string of the molecule is COc1ccccc1-c1nn2c(=O)cc(CN3CCN(C(=O)c4ccccc4Cl)CC3)nc2s1. The van der Waals surface area contributed by atoms with Crippen LogP contribution in [-0.4, -0.2) is 63.6 Å². The maximum absolute atomic E-state index is 12.8. The molecule has 0 unspecified atom stereocenters. The number of benzene rings is 2. The van der Waals surface area contributed by atoms with Crippen molar-refractivity contribution >= 4 is 33.8 Å². The minimum Gasteiger partial charge on any atom is -0.496 e. The third kappa shape index (κ3) is 4.42. The number of piperazine rings is 1. The quantitative estimate of drug-likeness (QED) is 0.422. The van der Waals surface area contributed by atoms with Crippen LogP contribution in [0.15, 0.2) is 59.4 Å². The van der Waals surface area contributed by atoms with Gasteiger partial charge in [-0.3, -0.25) is 14.5 Å². The number of rotatable bonds is 5. The van der Waals surface area contributed by atoms with Crippen LogP contribution in [0.4, 0.5) is 0 Å². The van der Waals surface area contributed by atoms with Crippen LogP contribution >= 0.6 is 22.9 Å². The number of fused-ring (bicyclic) bond motifs is 1. The molecule has 1 aliphatic heterocycles. The molecule has 0 spiro atoms. The predicted octanol–water partition coefficient (Wildman–Crippen LogP) is 3.44. The second kappa shape index (κ2) is 9.54. The van der Waals surface area contributed by atoms with E-state index in [2.05, 4.69) is 15.0 Å². The largest absolute Gasteiger partial charge is 0.496 e. The van der Waals surface area contributed by atoms with Gasteiger partial charge in [-0.05, 0) is 24.3 Å². The molecule has 0 aliphatic carbocycles. The third-order valence-electron chi connectivity index (χ3n) is 5.78. The van der Waals surface area contributed by atoms with Crippen molar-refractivity contribution in [2.75, 3.05) is 33.3 Å². The highest BCUT2D eigenvalue weighted by molar-refractivity contribution is 7.19. The number of hydrogen-bond acceptors (Lipinski definition) is 7. The number of nitrogens with zero attached hydrogens (tertiary/aromatic N) is 5. The Morgan fingerprint density at radius 1 is 1.09 bits per heavy atom. The zero-order valence-electron chi connectivity index (χ0n) is 18.5. The Kier molecular flexibility index (Phi) is 6.32. The standard InChI is InChI=1S/C24H22ClN5O3S/c1-33-20-9-5-3-7-18(20)22-27-30-21(31)14-16(26-24(30)34-22)15-28-10-12-29(13-11-28)23(32)17-6-2-4-8-19(17)25/h2-9,14H,10-13,15H2,1H3. The van der Waals surface area contributed by atoms with Crippen molar-refractivity contribution in [2.24, 2.45) is 0 Å². The smallest absolute Gasteiger partial charge is 0.275 e. The first-order valence-corrected chi connectivity index (χ1v) is 12.0. The van der Waals surface area contributed by atoms with Gasteiger partial charge in [-0.15, -0.1) is 0 Å². The van der Waals surface area contributed by atoms with Crippen LogP contribution < -0.4 is 10.3 Å². The van der Waals surface area contributed by atoms with Crippen molar-refractivity contribution in [3.8, 4) is 16.3 Å². The molecule has 3 heterocycles. The minimum atomic E-state index is -0.218. The molecule has 0 bridgehead atoms. The van der Waals surface area contributed by atoms with Crippen LogP contribution in [0, 0.1) is 0 Å². The minimum absolute atomic E-state index is 0.0587. The van der Waals surface area contributed by atoms with Crippen molar-refractivity contribution in [3.05, 3.63) is 81.2 Å². The maximum atomic E-state index is 12.8. The lowest BCUT2D eigenvalue weighted by molar-refractivity contribution is 0.0627. The van der Waals surface area contributed by atoms with E-state index in [0.717, 1.165) is 5.56 Å². The zero-order chi connectivity index (χ0) is 23.7. The normalized spacial score (nSPS) is 14.5. The van der Waals surface area contributed by atoms with Crippen LogP contribution in [-0.2, 0) is 6.54 Å². The van der Waals surface area contributed by atoms with E-state index in [-0.39, 0.29) is 11.5 Å². The summed E-state index contributed by atoms with van der Waals surface area (Å²) in [6.45, 7) is 3.08. The molecule has 1 saturated heterocycles. The number of para-hydroxylation sites is 1. The fourth-order valence-electron chi connectivity index (χ4n) is 4.01. The molecule has 174 valence electrons. The number of methoxy groups -OCH3 is 1. The first-order valence-electron chi connectivity index (χ1n) is 10.8. The average Bonchev–Trinajstić information content (AvgIpc) is 3.29. The summed E-state index contributed by atoms with van der Waals surface area (Å²) in [5, 5.41) is 5.59. The molecule has 1 aliphatic rings. The van der Waals surface area contributed by atoms with E-state index in [1.54, 1.807) is 19.2 Å². The van der Waals surface area contributed by atoms with Gasteiger partial charge in [0.05, 0.1) is 29.0 Å². The Labute approximate surface area is 205 Å². The number of ether oxygens (including phenoxy) is 1. The zero-order valence-corrected chi connectivity index (χ0v) is 20.1. The molecule has 0 radical (unpaired) electrons. The first kappa shape index (κ1) is 22.5. The Hall–Kier alpha value is -3.27. The molecule has 34 heavy (non-hydrogen) atoms. The molecular weight excluding hydrogens is 474 g/mol. The molecular formula is C24H22ClN5O3S. The molecule has 8 nitrogen and oxygen atoms in total. The fraction of sp³-hybridized carbons (Fsp3) is 0.250. The molecule has 0 atom stereocenters. The maximum Gasteiger partial charge on any atom is 0.275 e. The summed E-state index contributed by atoms with van der Waals surface area (Å²) in [6.07, 6.45) is 0. The van der Waals surface area contributed by atoms with E-state index in [0.29, 0.717) is 64.7 Å². The van der Waals surface area contributed by atoms with Crippen molar-refractivity contribution in [1.82, 2.24) is 24.4 Å². The lowest BCUT2D eigenvalue weighted by Gasteiger charge is -2.34. The van der Waals surface area contributed by atoms with Gasteiger partial charge in [-0.1, -0.05) is 47.2 Å². The van der Waals surface area contributed by atoms with E-state index in [4.69, 9.17) is 16.3 Å².